The first-order valence-electron chi connectivity index (χ1n) is 10.1. The molecule has 5 heterocycles. The van der Waals surface area contributed by atoms with Crippen molar-refractivity contribution in [1.82, 2.24) is 24.7 Å². The van der Waals surface area contributed by atoms with Crippen molar-refractivity contribution in [2.24, 2.45) is 16.8 Å². The first-order valence-corrected chi connectivity index (χ1v) is 10.1. The smallest absolute Gasteiger partial charge is 0.259 e. The van der Waals surface area contributed by atoms with E-state index in [1.807, 2.05) is 13.1 Å². The van der Waals surface area contributed by atoms with E-state index in [0.29, 0.717) is 17.3 Å². The van der Waals surface area contributed by atoms with Crippen LogP contribution in [-0.4, -0.2) is 44.0 Å². The molecule has 0 N–H and O–H groups in total. The van der Waals surface area contributed by atoms with Gasteiger partial charge in [0.15, 0.2) is 12.1 Å². The fourth-order valence-corrected chi connectivity index (χ4v) is 4.01. The van der Waals surface area contributed by atoms with Gasteiger partial charge in [0.05, 0.1) is 5.56 Å². The fraction of sp³-hybridized carbons (Fsp3) is 0.429. The fourth-order valence-electron chi connectivity index (χ4n) is 4.01. The Hall–Kier alpha value is -3.36. The van der Waals surface area contributed by atoms with Gasteiger partial charge < -0.3 is 9.42 Å². The van der Waals surface area contributed by atoms with Crippen LogP contribution in [0.2, 0.25) is 0 Å². The van der Waals surface area contributed by atoms with Crippen molar-refractivity contribution in [2.45, 2.75) is 32.7 Å². The number of hydrogen-bond acceptors (Lipinski definition) is 8. The zero-order chi connectivity index (χ0) is 20.7. The molecule has 154 valence electrons. The summed E-state index contributed by atoms with van der Waals surface area (Å²) in [5, 5.41) is 3.49. The maximum Gasteiger partial charge on any atom is 0.259 e. The van der Waals surface area contributed by atoms with Crippen LogP contribution >= 0.6 is 0 Å². The van der Waals surface area contributed by atoms with Crippen LogP contribution in [0.1, 0.15) is 36.3 Å². The predicted octanol–water partition coefficient (Wildman–Crippen LogP) is 2.34. The van der Waals surface area contributed by atoms with Crippen LogP contribution in [-0.2, 0) is 6.54 Å². The van der Waals surface area contributed by atoms with Crippen molar-refractivity contribution < 1.29 is 4.52 Å². The molecule has 2 aliphatic heterocycles. The van der Waals surface area contributed by atoms with Crippen molar-refractivity contribution in [1.29, 1.82) is 0 Å². The molecule has 0 radical (unpaired) electrons. The number of aryl methyl sites for hydroxylation is 1. The Morgan fingerprint density at radius 2 is 2.00 bits per heavy atom. The number of aromatic nitrogens is 5. The van der Waals surface area contributed by atoms with E-state index in [9.17, 15) is 4.79 Å². The monoisotopic (exact) mass is 405 g/mol. The predicted molar refractivity (Wildman–Crippen MR) is 111 cm³/mol. The van der Waals surface area contributed by atoms with Gasteiger partial charge in [0.25, 0.3) is 5.56 Å². The van der Waals surface area contributed by atoms with Gasteiger partial charge in [-0.1, -0.05) is 18.1 Å². The van der Waals surface area contributed by atoms with Crippen LogP contribution in [0.15, 0.2) is 45.3 Å². The molecule has 1 saturated carbocycles. The van der Waals surface area contributed by atoms with Crippen LogP contribution in [0.5, 0.6) is 0 Å². The lowest BCUT2D eigenvalue weighted by atomic mass is 10.1. The molecule has 9 heteroatoms. The summed E-state index contributed by atoms with van der Waals surface area (Å²) in [5.41, 5.74) is 1.75. The van der Waals surface area contributed by atoms with Crippen LogP contribution in [0.25, 0.3) is 0 Å². The van der Waals surface area contributed by atoms with Gasteiger partial charge in [0, 0.05) is 31.4 Å². The maximum atomic E-state index is 12.2. The van der Waals surface area contributed by atoms with Gasteiger partial charge in [-0.25, -0.2) is 15.0 Å². The van der Waals surface area contributed by atoms with E-state index >= 15 is 0 Å². The third kappa shape index (κ3) is 3.62. The van der Waals surface area contributed by atoms with E-state index < -0.39 is 0 Å². The van der Waals surface area contributed by atoms with Crippen LogP contribution in [0.3, 0.4) is 0 Å². The van der Waals surface area contributed by atoms with Crippen molar-refractivity contribution in [2.75, 3.05) is 18.0 Å². The molecular weight excluding hydrogens is 382 g/mol. The maximum absolute atomic E-state index is 12.2. The molecular formula is C21H23N7O2. The number of fused-ring (bicyclic) bond motifs is 2. The zero-order valence-electron chi connectivity index (χ0n) is 17.0. The Morgan fingerprint density at radius 3 is 2.70 bits per heavy atom. The number of hydrogen-bond donors (Lipinski definition) is 0. The van der Waals surface area contributed by atoms with Crippen LogP contribution in [0, 0.1) is 18.8 Å². The highest BCUT2D eigenvalue weighted by molar-refractivity contribution is 5.77. The topological polar surface area (TPSA) is 102 Å². The number of nitrogens with zero attached hydrogens (tertiary/aromatic N) is 7. The van der Waals surface area contributed by atoms with Crippen LogP contribution < -0.4 is 10.5 Å². The van der Waals surface area contributed by atoms with E-state index in [-0.39, 0.29) is 18.0 Å². The highest BCUT2D eigenvalue weighted by Crippen LogP contribution is 2.45. The normalized spacial score (nSPS) is 23.0. The Morgan fingerprint density at radius 1 is 1.17 bits per heavy atom. The Kier molecular flexibility index (Phi) is 4.65. The first kappa shape index (κ1) is 18.7. The highest BCUT2D eigenvalue weighted by atomic mass is 16.5. The van der Waals surface area contributed by atoms with E-state index in [2.05, 4.69) is 49.1 Å². The molecule has 1 saturated heterocycles. The summed E-state index contributed by atoms with van der Waals surface area (Å²) < 4.78 is 6.30. The molecule has 1 aliphatic carbocycles. The van der Waals surface area contributed by atoms with Gasteiger partial charge in [0.1, 0.15) is 18.7 Å². The van der Waals surface area contributed by atoms with Crippen LogP contribution in [0.4, 0.5) is 11.6 Å². The minimum absolute atomic E-state index is 0.000125. The summed E-state index contributed by atoms with van der Waals surface area (Å²) in [5.74, 6) is 4.02. The van der Waals surface area contributed by atoms with Crippen molar-refractivity contribution in [3.05, 3.63) is 58.4 Å². The lowest BCUT2D eigenvalue weighted by molar-refractivity contribution is 0.368. The molecule has 1 unspecified atom stereocenters. The molecule has 2 fully saturated rings. The summed E-state index contributed by atoms with van der Waals surface area (Å²) in [7, 11) is 0. The quantitative estimate of drug-likeness (QED) is 0.659. The lowest BCUT2D eigenvalue weighted by Crippen LogP contribution is -2.25. The molecule has 0 spiro atoms. The highest BCUT2D eigenvalue weighted by Gasteiger charge is 2.45. The summed E-state index contributed by atoms with van der Waals surface area (Å²) >= 11 is 0. The minimum Gasteiger partial charge on any atom is -0.356 e. The zero-order valence-corrected chi connectivity index (χ0v) is 17.0. The number of rotatable bonds is 3. The second-order valence-electron chi connectivity index (χ2n) is 8.17. The van der Waals surface area contributed by atoms with Gasteiger partial charge in [-0.15, -0.1) is 0 Å². The second kappa shape index (κ2) is 7.47. The average molecular weight is 405 g/mol. The first-order chi connectivity index (χ1) is 14.6. The van der Waals surface area contributed by atoms with E-state index in [0.717, 1.165) is 17.7 Å². The third-order valence-electron chi connectivity index (χ3n) is 5.84. The molecule has 9 nitrogen and oxygen atoms in total. The largest absolute Gasteiger partial charge is 0.356 e. The van der Waals surface area contributed by atoms with Gasteiger partial charge >= 0.3 is 0 Å². The van der Waals surface area contributed by atoms with E-state index in [4.69, 9.17) is 4.52 Å². The molecule has 3 aromatic rings. The molecule has 0 amide bonds. The Labute approximate surface area is 173 Å². The van der Waals surface area contributed by atoms with Crippen molar-refractivity contribution >= 4 is 17.9 Å². The Bertz CT molecular complexity index is 1110. The standard InChI is InChI=1S/C11H14N2.C10H9N5O2/c1-8-2-3-11(12-5-8)13-6-9-4-10(9)7-13;1-6-2-11-9-8(6)10(16)15(5-13-9)3-7-12-4-14-17-7/h2-3,5,9-10H,4,6-7H2,1H3;2,4-6H,3H2,1H3/t9-,10+;. The Balaban J connectivity index is 0.000000133. The van der Waals surface area contributed by atoms with E-state index in [1.54, 1.807) is 6.21 Å². The van der Waals surface area contributed by atoms with Crippen molar-refractivity contribution in [3.63, 3.8) is 0 Å². The minimum atomic E-state index is -0.113. The van der Waals surface area contributed by atoms with Crippen molar-refractivity contribution in [3.8, 4) is 0 Å². The van der Waals surface area contributed by atoms with Gasteiger partial charge in [0.2, 0.25) is 5.89 Å². The number of pyridine rings is 1. The summed E-state index contributed by atoms with van der Waals surface area (Å²) in [4.78, 5) is 31.1. The van der Waals surface area contributed by atoms with E-state index in [1.165, 1.54) is 42.3 Å². The average Bonchev–Trinajstić information content (AvgIpc) is 3.14. The number of piperidine rings is 1. The number of anilines is 1. The van der Waals surface area contributed by atoms with Gasteiger partial charge in [-0.2, -0.15) is 4.98 Å². The molecule has 3 aliphatic rings. The summed E-state index contributed by atoms with van der Waals surface area (Å²) in [6.45, 7) is 6.70. The number of aliphatic imine (C=N–C) groups is 1. The van der Waals surface area contributed by atoms with Gasteiger partial charge in [-0.3, -0.25) is 9.36 Å². The second-order valence-corrected chi connectivity index (χ2v) is 8.17. The van der Waals surface area contributed by atoms with Gasteiger partial charge in [-0.05, 0) is 36.8 Å². The molecule has 3 atom stereocenters. The molecule has 0 aromatic carbocycles. The molecule has 30 heavy (non-hydrogen) atoms. The molecule has 3 aromatic heterocycles. The molecule has 0 bridgehead atoms. The summed E-state index contributed by atoms with van der Waals surface area (Å²) in [6, 6.07) is 4.28. The SMILES string of the molecule is CC1C=Nc2ncn(Cc3ncno3)c(=O)c21.Cc1ccc(N2C[C@H]3C[C@H]3C2)nc1. The third-order valence-corrected chi connectivity index (χ3v) is 5.84. The summed E-state index contributed by atoms with van der Waals surface area (Å²) in [6.07, 6.45) is 7.88. The lowest BCUT2D eigenvalue weighted by Gasteiger charge is -2.18. The molecule has 6 rings (SSSR count).